The van der Waals surface area contributed by atoms with Gasteiger partial charge in [-0.15, -0.1) is 11.6 Å². The molecule has 1 aliphatic heterocycles. The predicted octanol–water partition coefficient (Wildman–Crippen LogP) is 0.172. The Hall–Kier alpha value is 0.120. The minimum Gasteiger partial charge on any atom is -0.379 e. The molecular formula is C8H17ClN2O3S. The van der Waals surface area contributed by atoms with Crippen molar-refractivity contribution in [3.8, 4) is 0 Å². The van der Waals surface area contributed by atoms with Gasteiger partial charge < -0.3 is 4.74 Å². The van der Waals surface area contributed by atoms with Crippen LogP contribution in [-0.4, -0.2) is 51.5 Å². The van der Waals surface area contributed by atoms with E-state index in [1.807, 2.05) is 0 Å². The van der Waals surface area contributed by atoms with Crippen LogP contribution in [0.4, 0.5) is 0 Å². The summed E-state index contributed by atoms with van der Waals surface area (Å²) >= 11 is 5.40. The second-order valence-corrected chi connectivity index (χ2v) is 5.44. The molecule has 0 aliphatic carbocycles. The van der Waals surface area contributed by atoms with Crippen molar-refractivity contribution in [2.24, 2.45) is 0 Å². The van der Waals surface area contributed by atoms with E-state index in [9.17, 15) is 8.42 Å². The zero-order valence-electron chi connectivity index (χ0n) is 8.62. The Morgan fingerprint density at radius 1 is 1.27 bits per heavy atom. The van der Waals surface area contributed by atoms with Crippen LogP contribution in [0.5, 0.6) is 0 Å². The van der Waals surface area contributed by atoms with Gasteiger partial charge in [-0.05, 0) is 12.8 Å². The third-order valence-corrected chi connectivity index (χ3v) is 3.93. The number of nitrogens with one attached hydrogen (secondary N) is 1. The van der Waals surface area contributed by atoms with Gasteiger partial charge in [0.25, 0.3) is 10.2 Å². The van der Waals surface area contributed by atoms with E-state index in [1.54, 1.807) is 0 Å². The summed E-state index contributed by atoms with van der Waals surface area (Å²) in [5.74, 6) is 0.429. The second-order valence-electron chi connectivity index (χ2n) is 3.31. The molecule has 5 nitrogen and oxygen atoms in total. The highest BCUT2D eigenvalue weighted by atomic mass is 35.5. The average molecular weight is 257 g/mol. The SMILES string of the molecule is O=S(=O)(NCCOCCCl)N1CCCC1. The quantitative estimate of drug-likeness (QED) is 0.522. The lowest BCUT2D eigenvalue weighted by Crippen LogP contribution is -2.40. The summed E-state index contributed by atoms with van der Waals surface area (Å²) in [4.78, 5) is 0. The van der Waals surface area contributed by atoms with E-state index in [1.165, 1.54) is 4.31 Å². The summed E-state index contributed by atoms with van der Waals surface area (Å²) in [7, 11) is -3.28. The van der Waals surface area contributed by atoms with Crippen molar-refractivity contribution in [1.82, 2.24) is 9.03 Å². The van der Waals surface area contributed by atoms with Crippen LogP contribution in [0.1, 0.15) is 12.8 Å². The summed E-state index contributed by atoms with van der Waals surface area (Å²) in [6.45, 7) is 2.36. The van der Waals surface area contributed by atoms with E-state index in [-0.39, 0.29) is 0 Å². The normalized spacial score (nSPS) is 18.5. The highest BCUT2D eigenvalue weighted by molar-refractivity contribution is 7.87. The lowest BCUT2D eigenvalue weighted by Gasteiger charge is -2.15. The van der Waals surface area contributed by atoms with Gasteiger partial charge in [0.15, 0.2) is 0 Å². The van der Waals surface area contributed by atoms with Crippen molar-refractivity contribution in [1.29, 1.82) is 0 Å². The molecule has 15 heavy (non-hydrogen) atoms. The number of halogens is 1. The molecule has 1 N–H and O–H groups in total. The smallest absolute Gasteiger partial charge is 0.279 e. The number of rotatable bonds is 7. The van der Waals surface area contributed by atoms with Crippen LogP contribution in [0.15, 0.2) is 0 Å². The maximum absolute atomic E-state index is 11.6. The van der Waals surface area contributed by atoms with Crippen LogP contribution in [0.3, 0.4) is 0 Å². The molecule has 90 valence electrons. The van der Waals surface area contributed by atoms with E-state index >= 15 is 0 Å². The fourth-order valence-electron chi connectivity index (χ4n) is 1.42. The third kappa shape index (κ3) is 4.65. The Morgan fingerprint density at radius 2 is 1.93 bits per heavy atom. The van der Waals surface area contributed by atoms with Crippen LogP contribution in [-0.2, 0) is 14.9 Å². The molecule has 0 unspecified atom stereocenters. The molecule has 0 spiro atoms. The van der Waals surface area contributed by atoms with Crippen LogP contribution < -0.4 is 4.72 Å². The molecular weight excluding hydrogens is 240 g/mol. The van der Waals surface area contributed by atoms with Crippen molar-refractivity contribution in [2.45, 2.75) is 12.8 Å². The molecule has 0 aromatic heterocycles. The first-order valence-electron chi connectivity index (χ1n) is 5.05. The Kier molecular flexibility index (Phi) is 5.84. The minimum absolute atomic E-state index is 0.301. The largest absolute Gasteiger partial charge is 0.379 e. The molecule has 0 saturated carbocycles. The predicted molar refractivity (Wildman–Crippen MR) is 59.3 cm³/mol. The average Bonchev–Trinajstić information content (AvgIpc) is 2.70. The summed E-state index contributed by atoms with van der Waals surface area (Å²) in [6.07, 6.45) is 1.90. The van der Waals surface area contributed by atoms with Gasteiger partial charge in [-0.3, -0.25) is 0 Å². The lowest BCUT2D eigenvalue weighted by atomic mass is 10.4. The summed E-state index contributed by atoms with van der Waals surface area (Å²) in [5, 5.41) is 0. The Bertz CT molecular complexity index is 265. The summed E-state index contributed by atoms with van der Waals surface area (Å²) < 4.78 is 32.2. The van der Waals surface area contributed by atoms with Gasteiger partial charge >= 0.3 is 0 Å². The molecule has 0 aromatic rings. The molecule has 7 heteroatoms. The Balaban J connectivity index is 2.18. The van der Waals surface area contributed by atoms with Crippen LogP contribution in [0.2, 0.25) is 0 Å². The zero-order chi connectivity index (χ0) is 11.1. The van der Waals surface area contributed by atoms with Crippen molar-refractivity contribution in [3.05, 3.63) is 0 Å². The molecule has 0 aromatic carbocycles. The molecule has 0 amide bonds. The van der Waals surface area contributed by atoms with Gasteiger partial charge in [0, 0.05) is 25.5 Å². The van der Waals surface area contributed by atoms with Gasteiger partial charge in [-0.2, -0.15) is 17.4 Å². The fraction of sp³-hybridized carbons (Fsp3) is 1.00. The van der Waals surface area contributed by atoms with Crippen LogP contribution >= 0.6 is 11.6 Å². The van der Waals surface area contributed by atoms with E-state index in [0.29, 0.717) is 38.7 Å². The topological polar surface area (TPSA) is 58.6 Å². The molecule has 1 heterocycles. The number of hydrogen-bond acceptors (Lipinski definition) is 3. The van der Waals surface area contributed by atoms with Crippen LogP contribution in [0.25, 0.3) is 0 Å². The fourth-order valence-corrected chi connectivity index (χ4v) is 2.79. The highest BCUT2D eigenvalue weighted by Crippen LogP contribution is 2.10. The van der Waals surface area contributed by atoms with E-state index in [2.05, 4.69) is 4.72 Å². The number of hydrogen-bond donors (Lipinski definition) is 1. The molecule has 0 radical (unpaired) electrons. The van der Waals surface area contributed by atoms with E-state index in [4.69, 9.17) is 16.3 Å². The molecule has 0 atom stereocenters. The monoisotopic (exact) mass is 256 g/mol. The number of alkyl halides is 1. The first-order valence-corrected chi connectivity index (χ1v) is 7.03. The molecule has 1 fully saturated rings. The second kappa shape index (κ2) is 6.65. The van der Waals surface area contributed by atoms with Crippen molar-refractivity contribution >= 4 is 21.8 Å². The standard InChI is InChI=1S/C8H17ClN2O3S/c9-3-7-14-8-4-10-15(12,13)11-5-1-2-6-11/h10H,1-8H2. The maximum atomic E-state index is 11.6. The minimum atomic E-state index is -3.28. The summed E-state index contributed by atoms with van der Waals surface area (Å²) in [5.41, 5.74) is 0. The Morgan fingerprint density at radius 3 is 2.53 bits per heavy atom. The molecule has 1 rings (SSSR count). The molecule has 1 aliphatic rings. The van der Waals surface area contributed by atoms with Gasteiger partial charge in [0.1, 0.15) is 0 Å². The van der Waals surface area contributed by atoms with Crippen molar-refractivity contribution in [3.63, 3.8) is 0 Å². The third-order valence-electron chi connectivity index (χ3n) is 2.16. The van der Waals surface area contributed by atoms with Crippen molar-refractivity contribution in [2.75, 3.05) is 38.7 Å². The number of nitrogens with zero attached hydrogens (tertiary/aromatic N) is 1. The lowest BCUT2D eigenvalue weighted by molar-refractivity contribution is 0.154. The Labute approximate surface area is 95.9 Å². The zero-order valence-corrected chi connectivity index (χ0v) is 10.2. The van der Waals surface area contributed by atoms with E-state index < -0.39 is 10.2 Å². The highest BCUT2D eigenvalue weighted by Gasteiger charge is 2.24. The van der Waals surface area contributed by atoms with Gasteiger partial charge in [0.2, 0.25) is 0 Å². The first-order chi connectivity index (χ1) is 7.17. The van der Waals surface area contributed by atoms with E-state index in [0.717, 1.165) is 12.8 Å². The van der Waals surface area contributed by atoms with Crippen molar-refractivity contribution < 1.29 is 13.2 Å². The molecule has 1 saturated heterocycles. The summed E-state index contributed by atoms with van der Waals surface area (Å²) in [6, 6.07) is 0. The van der Waals surface area contributed by atoms with Gasteiger partial charge in [-0.1, -0.05) is 0 Å². The first kappa shape index (κ1) is 13.2. The van der Waals surface area contributed by atoms with Gasteiger partial charge in [0.05, 0.1) is 13.2 Å². The van der Waals surface area contributed by atoms with Crippen LogP contribution in [0, 0.1) is 0 Å². The molecule has 0 bridgehead atoms. The van der Waals surface area contributed by atoms with Gasteiger partial charge in [-0.25, -0.2) is 0 Å². The maximum Gasteiger partial charge on any atom is 0.279 e. The number of ether oxygens (including phenoxy) is 1.